The maximum absolute atomic E-state index is 2.48. The summed E-state index contributed by atoms with van der Waals surface area (Å²) in [5, 5.41) is 0. The molecule has 1 unspecified atom stereocenters. The van der Waals surface area contributed by atoms with Crippen molar-refractivity contribution in [1.29, 1.82) is 0 Å². The van der Waals surface area contributed by atoms with Crippen LogP contribution in [0.25, 0.3) is 0 Å². The van der Waals surface area contributed by atoms with Gasteiger partial charge < -0.3 is 0 Å². The quantitative estimate of drug-likeness (QED) is 0.438. The minimum absolute atomic E-state index is 0.973. The van der Waals surface area contributed by atoms with Gasteiger partial charge >= 0.3 is 0 Å². The highest BCUT2D eigenvalue weighted by Crippen LogP contribution is 2.45. The number of fused-ring (bicyclic) bond motifs is 2. The van der Waals surface area contributed by atoms with Crippen LogP contribution in [0.2, 0.25) is 0 Å². The van der Waals surface area contributed by atoms with Gasteiger partial charge in [-0.05, 0) is 37.0 Å². The zero-order valence-electron chi connectivity index (χ0n) is 8.84. The van der Waals surface area contributed by atoms with Gasteiger partial charge in [-0.2, -0.15) is 0 Å². The third-order valence-electron chi connectivity index (χ3n) is 3.84. The van der Waals surface area contributed by atoms with Crippen LogP contribution in [0.5, 0.6) is 0 Å². The maximum Gasteiger partial charge on any atom is -0.0199 e. The van der Waals surface area contributed by atoms with Crippen molar-refractivity contribution in [3.05, 3.63) is 12.2 Å². The van der Waals surface area contributed by atoms with E-state index in [4.69, 9.17) is 0 Å². The van der Waals surface area contributed by atoms with Crippen LogP contribution >= 0.6 is 0 Å². The molecule has 0 aromatic rings. The monoisotopic (exact) mass is 178 g/mol. The summed E-state index contributed by atoms with van der Waals surface area (Å²) in [5.41, 5.74) is 0. The molecular formula is C13H22. The molecule has 1 saturated carbocycles. The molecule has 0 spiro atoms. The summed E-state index contributed by atoms with van der Waals surface area (Å²) in [4.78, 5) is 0. The number of unbranched alkanes of at least 4 members (excludes halogenated alkanes) is 3. The average molecular weight is 178 g/mol. The molecule has 0 radical (unpaired) electrons. The number of allylic oxidation sites excluding steroid dienone is 2. The first-order valence-corrected chi connectivity index (χ1v) is 6.08. The van der Waals surface area contributed by atoms with Crippen LogP contribution in [0.3, 0.4) is 0 Å². The normalized spacial score (nSPS) is 35.9. The molecule has 0 saturated heterocycles. The van der Waals surface area contributed by atoms with Crippen LogP contribution in [-0.2, 0) is 0 Å². The molecule has 74 valence electrons. The number of hydrogen-bond acceptors (Lipinski definition) is 0. The van der Waals surface area contributed by atoms with E-state index in [9.17, 15) is 0 Å². The van der Waals surface area contributed by atoms with E-state index in [1.54, 1.807) is 0 Å². The molecule has 2 aliphatic carbocycles. The van der Waals surface area contributed by atoms with Crippen molar-refractivity contribution >= 4 is 0 Å². The van der Waals surface area contributed by atoms with Crippen LogP contribution < -0.4 is 0 Å². The predicted molar refractivity (Wildman–Crippen MR) is 57.6 cm³/mol. The van der Waals surface area contributed by atoms with Crippen LogP contribution in [0.15, 0.2) is 12.2 Å². The molecule has 0 amide bonds. The standard InChI is InChI=1S/C13H22/c1-2-3-4-5-6-12-9-11-7-8-13(12)10-11/h7-8,11-13H,2-6,9-10H2,1H3/t11-,12?,13-/m1/s1. The first kappa shape index (κ1) is 9.30. The smallest absolute Gasteiger partial charge is 0.0199 e. The van der Waals surface area contributed by atoms with E-state index in [1.165, 1.54) is 44.9 Å². The fraction of sp³-hybridized carbons (Fsp3) is 0.846. The molecule has 2 rings (SSSR count). The molecule has 2 aliphatic rings. The van der Waals surface area contributed by atoms with Gasteiger partial charge in [-0.3, -0.25) is 0 Å². The van der Waals surface area contributed by atoms with E-state index >= 15 is 0 Å². The van der Waals surface area contributed by atoms with E-state index < -0.39 is 0 Å². The first-order valence-electron chi connectivity index (χ1n) is 6.08. The van der Waals surface area contributed by atoms with E-state index in [1.807, 2.05) is 0 Å². The van der Waals surface area contributed by atoms with Crippen molar-refractivity contribution in [1.82, 2.24) is 0 Å². The summed E-state index contributed by atoms with van der Waals surface area (Å²) < 4.78 is 0. The number of hydrogen-bond donors (Lipinski definition) is 0. The summed E-state index contributed by atoms with van der Waals surface area (Å²) in [6, 6.07) is 0. The molecule has 0 heteroatoms. The van der Waals surface area contributed by atoms with E-state index in [0.717, 1.165) is 17.8 Å². The van der Waals surface area contributed by atoms with Gasteiger partial charge in [0.15, 0.2) is 0 Å². The minimum Gasteiger partial charge on any atom is -0.0851 e. The van der Waals surface area contributed by atoms with E-state index in [2.05, 4.69) is 19.1 Å². The Morgan fingerprint density at radius 3 is 2.62 bits per heavy atom. The lowest BCUT2D eigenvalue weighted by Crippen LogP contribution is -2.06. The molecule has 13 heavy (non-hydrogen) atoms. The molecule has 0 aromatic heterocycles. The maximum atomic E-state index is 2.48. The SMILES string of the molecule is CCCCCCC1C[C@H]2C=C[C@@H]1C2. The average Bonchev–Trinajstić information content (AvgIpc) is 2.73. The van der Waals surface area contributed by atoms with Gasteiger partial charge in [0.05, 0.1) is 0 Å². The molecule has 0 N–H and O–H groups in total. The van der Waals surface area contributed by atoms with E-state index in [0.29, 0.717) is 0 Å². The second-order valence-corrected chi connectivity index (χ2v) is 4.89. The summed E-state index contributed by atoms with van der Waals surface area (Å²) in [7, 11) is 0. The van der Waals surface area contributed by atoms with E-state index in [-0.39, 0.29) is 0 Å². The summed E-state index contributed by atoms with van der Waals surface area (Å²) in [6.45, 7) is 2.29. The molecule has 0 nitrogen and oxygen atoms in total. The molecule has 0 aliphatic heterocycles. The highest BCUT2D eigenvalue weighted by molar-refractivity contribution is 5.09. The van der Waals surface area contributed by atoms with Crippen LogP contribution in [-0.4, -0.2) is 0 Å². The fourth-order valence-corrected chi connectivity index (χ4v) is 3.06. The van der Waals surface area contributed by atoms with Gasteiger partial charge in [0.1, 0.15) is 0 Å². The summed E-state index contributed by atoms with van der Waals surface area (Å²) >= 11 is 0. The molecule has 2 bridgehead atoms. The minimum atomic E-state index is 0.973. The Morgan fingerprint density at radius 2 is 2.00 bits per heavy atom. The highest BCUT2D eigenvalue weighted by Gasteiger charge is 2.34. The zero-order chi connectivity index (χ0) is 9.10. The van der Waals surface area contributed by atoms with Gasteiger partial charge in [-0.15, -0.1) is 0 Å². The largest absolute Gasteiger partial charge is 0.0851 e. The Hall–Kier alpha value is -0.260. The lowest BCUT2D eigenvalue weighted by Gasteiger charge is -2.17. The van der Waals surface area contributed by atoms with Gasteiger partial charge in [0.2, 0.25) is 0 Å². The van der Waals surface area contributed by atoms with Crippen molar-refractivity contribution in [2.24, 2.45) is 17.8 Å². The zero-order valence-corrected chi connectivity index (χ0v) is 8.84. The number of rotatable bonds is 5. The second-order valence-electron chi connectivity index (χ2n) is 4.89. The summed E-state index contributed by atoms with van der Waals surface area (Å²) in [5.74, 6) is 3.01. The van der Waals surface area contributed by atoms with Crippen molar-refractivity contribution in [2.45, 2.75) is 51.9 Å². The molecule has 1 fully saturated rings. The Balaban J connectivity index is 1.64. The van der Waals surface area contributed by atoms with Crippen molar-refractivity contribution in [2.75, 3.05) is 0 Å². The van der Waals surface area contributed by atoms with Crippen LogP contribution in [0.1, 0.15) is 51.9 Å². The fourth-order valence-electron chi connectivity index (χ4n) is 3.06. The second kappa shape index (κ2) is 4.30. The Morgan fingerprint density at radius 1 is 1.08 bits per heavy atom. The highest BCUT2D eigenvalue weighted by atomic mass is 14.4. The topological polar surface area (TPSA) is 0 Å². The first-order chi connectivity index (χ1) is 6.40. The lowest BCUT2D eigenvalue weighted by atomic mass is 9.88. The van der Waals surface area contributed by atoms with Gasteiger partial charge in [0, 0.05) is 0 Å². The van der Waals surface area contributed by atoms with Crippen LogP contribution in [0, 0.1) is 17.8 Å². The van der Waals surface area contributed by atoms with Crippen molar-refractivity contribution in [3.63, 3.8) is 0 Å². The molecular weight excluding hydrogens is 156 g/mol. The third kappa shape index (κ3) is 2.15. The Bertz CT molecular complexity index is 180. The van der Waals surface area contributed by atoms with Gasteiger partial charge in [-0.25, -0.2) is 0 Å². The van der Waals surface area contributed by atoms with Gasteiger partial charge in [0.25, 0.3) is 0 Å². The van der Waals surface area contributed by atoms with Crippen molar-refractivity contribution < 1.29 is 0 Å². The van der Waals surface area contributed by atoms with Crippen LogP contribution in [0.4, 0.5) is 0 Å². The van der Waals surface area contributed by atoms with Crippen molar-refractivity contribution in [3.8, 4) is 0 Å². The predicted octanol–water partition coefficient (Wildman–Crippen LogP) is 4.17. The Labute approximate surface area is 82.4 Å². The third-order valence-corrected chi connectivity index (χ3v) is 3.84. The molecule has 0 heterocycles. The Kier molecular flexibility index (Phi) is 3.08. The molecule has 0 aromatic carbocycles. The molecule has 3 atom stereocenters. The summed E-state index contributed by atoms with van der Waals surface area (Å²) in [6.07, 6.45) is 15.2. The lowest BCUT2D eigenvalue weighted by molar-refractivity contribution is 0.395. The van der Waals surface area contributed by atoms with Gasteiger partial charge in [-0.1, -0.05) is 44.8 Å².